The minimum atomic E-state index is -0.532. The number of esters is 1. The smallest absolute Gasteiger partial charge is 0.340 e. The number of aryl methyl sites for hydroxylation is 1. The Balaban J connectivity index is 2.19. The van der Waals surface area contributed by atoms with Crippen LogP contribution in [0.2, 0.25) is 0 Å². The molecule has 27 heavy (non-hydrogen) atoms. The first-order chi connectivity index (χ1) is 13.0. The molecule has 0 spiro atoms. The first kappa shape index (κ1) is 20.2. The van der Waals surface area contributed by atoms with Gasteiger partial charge in [-0.25, -0.2) is 4.79 Å². The lowest BCUT2D eigenvalue weighted by atomic mass is 10.1. The largest absolute Gasteiger partial charge is 0.462 e. The number of para-hydroxylation sites is 1. The minimum Gasteiger partial charge on any atom is -0.462 e. The molecule has 0 aliphatic heterocycles. The van der Waals surface area contributed by atoms with Crippen LogP contribution in [-0.4, -0.2) is 30.9 Å². The second-order valence-corrected chi connectivity index (χ2v) is 5.94. The molecule has 2 aromatic carbocycles. The van der Waals surface area contributed by atoms with Gasteiger partial charge in [0.25, 0.3) is 0 Å². The van der Waals surface area contributed by atoms with E-state index in [4.69, 9.17) is 4.74 Å². The minimum absolute atomic E-state index is 0.207. The van der Waals surface area contributed by atoms with E-state index in [0.29, 0.717) is 11.4 Å². The van der Waals surface area contributed by atoms with Gasteiger partial charge in [-0.05, 0) is 43.2 Å². The number of nitrogens with one attached hydrogen (secondary N) is 1. The number of anilines is 2. The fraction of sp³-hybridized carbons (Fsp3) is 0.286. The molecule has 2 aromatic rings. The van der Waals surface area contributed by atoms with Crippen molar-refractivity contribution in [3.05, 3.63) is 59.7 Å². The van der Waals surface area contributed by atoms with Gasteiger partial charge in [-0.3, -0.25) is 9.59 Å². The molecule has 6 heteroatoms. The van der Waals surface area contributed by atoms with E-state index in [0.717, 1.165) is 6.42 Å². The third-order valence-corrected chi connectivity index (χ3v) is 4.02. The fourth-order valence-electron chi connectivity index (χ4n) is 2.62. The topological polar surface area (TPSA) is 75.7 Å². The average Bonchev–Trinajstić information content (AvgIpc) is 2.66. The summed E-state index contributed by atoms with van der Waals surface area (Å²) in [5.41, 5.74) is 2.41. The van der Waals surface area contributed by atoms with E-state index in [1.807, 2.05) is 24.3 Å². The van der Waals surface area contributed by atoms with Crippen LogP contribution in [0.4, 0.5) is 11.4 Å². The first-order valence-electron chi connectivity index (χ1n) is 8.89. The highest BCUT2D eigenvalue weighted by Crippen LogP contribution is 2.22. The zero-order chi connectivity index (χ0) is 19.8. The Morgan fingerprint density at radius 2 is 1.67 bits per heavy atom. The predicted octanol–water partition coefficient (Wildman–Crippen LogP) is 3.42. The predicted molar refractivity (Wildman–Crippen MR) is 105 cm³/mol. The molecule has 0 radical (unpaired) electrons. The molecule has 0 aliphatic rings. The molecule has 0 atom stereocenters. The van der Waals surface area contributed by atoms with Crippen molar-refractivity contribution in [2.24, 2.45) is 0 Å². The summed E-state index contributed by atoms with van der Waals surface area (Å²) < 4.78 is 5.04. The third kappa shape index (κ3) is 5.41. The highest BCUT2D eigenvalue weighted by Gasteiger charge is 2.22. The molecule has 0 unspecified atom stereocenters. The van der Waals surface area contributed by atoms with Gasteiger partial charge in [0.2, 0.25) is 11.8 Å². The van der Waals surface area contributed by atoms with Crippen molar-refractivity contribution in [3.8, 4) is 0 Å². The van der Waals surface area contributed by atoms with E-state index < -0.39 is 5.97 Å². The Kier molecular flexibility index (Phi) is 7.11. The highest BCUT2D eigenvalue weighted by molar-refractivity contribution is 6.06. The van der Waals surface area contributed by atoms with Crippen molar-refractivity contribution in [1.29, 1.82) is 0 Å². The van der Waals surface area contributed by atoms with Crippen LogP contribution in [0.1, 0.15) is 36.7 Å². The van der Waals surface area contributed by atoms with Crippen molar-refractivity contribution in [3.63, 3.8) is 0 Å². The van der Waals surface area contributed by atoms with Gasteiger partial charge in [-0.15, -0.1) is 0 Å². The lowest BCUT2D eigenvalue weighted by Gasteiger charge is -2.23. The Morgan fingerprint density at radius 1 is 1.00 bits per heavy atom. The monoisotopic (exact) mass is 368 g/mol. The number of amides is 2. The van der Waals surface area contributed by atoms with Crippen LogP contribution >= 0.6 is 0 Å². The van der Waals surface area contributed by atoms with Crippen LogP contribution in [-0.2, 0) is 20.7 Å². The second kappa shape index (κ2) is 9.52. The quantitative estimate of drug-likeness (QED) is 0.760. The van der Waals surface area contributed by atoms with Gasteiger partial charge >= 0.3 is 5.97 Å². The van der Waals surface area contributed by atoms with Gasteiger partial charge in [-0.2, -0.15) is 0 Å². The van der Waals surface area contributed by atoms with Gasteiger partial charge in [0.15, 0.2) is 0 Å². The van der Waals surface area contributed by atoms with Crippen LogP contribution in [0.15, 0.2) is 48.5 Å². The molecule has 0 bridgehead atoms. The summed E-state index contributed by atoms with van der Waals surface area (Å²) in [5.74, 6) is -1.23. The Hall–Kier alpha value is -3.15. The number of nitrogens with zero attached hydrogens (tertiary/aromatic N) is 1. The van der Waals surface area contributed by atoms with E-state index in [2.05, 4.69) is 12.2 Å². The average molecular weight is 368 g/mol. The molecule has 2 amide bonds. The zero-order valence-electron chi connectivity index (χ0n) is 15.8. The van der Waals surface area contributed by atoms with Gasteiger partial charge < -0.3 is 15.0 Å². The number of hydrogen-bond acceptors (Lipinski definition) is 4. The Bertz CT molecular complexity index is 815. The van der Waals surface area contributed by atoms with Crippen molar-refractivity contribution >= 4 is 29.2 Å². The summed E-state index contributed by atoms with van der Waals surface area (Å²) in [4.78, 5) is 38.0. The van der Waals surface area contributed by atoms with Gasteiger partial charge in [0.05, 0.1) is 17.9 Å². The van der Waals surface area contributed by atoms with Crippen LogP contribution in [0.25, 0.3) is 0 Å². The molecule has 0 fully saturated rings. The van der Waals surface area contributed by atoms with Crippen molar-refractivity contribution in [1.82, 2.24) is 0 Å². The fourth-order valence-corrected chi connectivity index (χ4v) is 2.62. The molecule has 142 valence electrons. The molecule has 0 aliphatic carbocycles. The molecule has 0 heterocycles. The summed E-state index contributed by atoms with van der Waals surface area (Å²) in [5, 5.41) is 2.77. The van der Waals surface area contributed by atoms with E-state index in [-0.39, 0.29) is 30.5 Å². The summed E-state index contributed by atoms with van der Waals surface area (Å²) in [6.07, 6.45) is 0.914. The molecule has 0 aromatic heterocycles. The number of rotatable bonds is 7. The molecule has 1 N–H and O–H groups in total. The van der Waals surface area contributed by atoms with E-state index in [1.165, 1.54) is 17.4 Å². The second-order valence-electron chi connectivity index (χ2n) is 5.94. The number of benzene rings is 2. The van der Waals surface area contributed by atoms with Crippen molar-refractivity contribution in [2.45, 2.75) is 27.2 Å². The standard InChI is InChI=1S/C21H24N2O4/c1-4-16-10-12-17(13-11-16)22-20(25)14-23(15(3)24)19-9-7-6-8-18(19)21(26)27-5-2/h6-13H,4-5,14H2,1-3H3,(H,22,25). The lowest BCUT2D eigenvalue weighted by Crippen LogP contribution is -2.37. The summed E-state index contributed by atoms with van der Waals surface area (Å²) in [6.45, 7) is 5.13. The van der Waals surface area contributed by atoms with Gasteiger partial charge in [0.1, 0.15) is 6.54 Å². The molecular formula is C21H24N2O4. The summed E-state index contributed by atoms with van der Waals surface area (Å²) in [6, 6.07) is 14.1. The third-order valence-electron chi connectivity index (χ3n) is 4.02. The Labute approximate surface area is 159 Å². The first-order valence-corrected chi connectivity index (χ1v) is 8.89. The van der Waals surface area contributed by atoms with Crippen LogP contribution < -0.4 is 10.2 Å². The number of carbonyl (C=O) groups is 3. The van der Waals surface area contributed by atoms with Crippen molar-refractivity contribution < 1.29 is 19.1 Å². The number of ether oxygens (including phenoxy) is 1. The summed E-state index contributed by atoms with van der Waals surface area (Å²) >= 11 is 0. The van der Waals surface area contributed by atoms with Gasteiger partial charge in [-0.1, -0.05) is 31.2 Å². The molecule has 6 nitrogen and oxygen atoms in total. The highest BCUT2D eigenvalue weighted by atomic mass is 16.5. The van der Waals surface area contributed by atoms with E-state index in [1.54, 1.807) is 31.2 Å². The maximum atomic E-state index is 12.4. The van der Waals surface area contributed by atoms with E-state index >= 15 is 0 Å². The number of carbonyl (C=O) groups excluding carboxylic acids is 3. The lowest BCUT2D eigenvalue weighted by molar-refractivity contribution is -0.120. The normalized spacial score (nSPS) is 10.2. The van der Waals surface area contributed by atoms with Crippen molar-refractivity contribution in [2.75, 3.05) is 23.4 Å². The van der Waals surface area contributed by atoms with Crippen LogP contribution in [0.5, 0.6) is 0 Å². The van der Waals surface area contributed by atoms with E-state index in [9.17, 15) is 14.4 Å². The van der Waals surface area contributed by atoms with Gasteiger partial charge in [0, 0.05) is 12.6 Å². The summed E-state index contributed by atoms with van der Waals surface area (Å²) in [7, 11) is 0. The van der Waals surface area contributed by atoms with Crippen LogP contribution in [0.3, 0.4) is 0 Å². The number of hydrogen-bond donors (Lipinski definition) is 1. The molecule has 0 saturated carbocycles. The maximum Gasteiger partial charge on any atom is 0.340 e. The molecular weight excluding hydrogens is 344 g/mol. The molecule has 0 saturated heterocycles. The zero-order valence-corrected chi connectivity index (χ0v) is 15.8. The molecule has 2 rings (SSSR count). The maximum absolute atomic E-state index is 12.4. The van der Waals surface area contributed by atoms with Crippen LogP contribution in [0, 0.1) is 0 Å². The Morgan fingerprint density at radius 3 is 2.26 bits per heavy atom. The SMILES string of the molecule is CCOC(=O)c1ccccc1N(CC(=O)Nc1ccc(CC)cc1)C(C)=O.